The highest BCUT2D eigenvalue weighted by atomic mass is 16.6. The van der Waals surface area contributed by atoms with Crippen LogP contribution in [0.15, 0.2) is 29.4 Å². The fraction of sp³-hybridized carbons (Fsp3) is 0.417. The Kier molecular flexibility index (Phi) is 5.13. The van der Waals surface area contributed by atoms with Crippen LogP contribution in [0, 0.1) is 16.0 Å². The summed E-state index contributed by atoms with van der Waals surface area (Å²) in [5, 5.41) is 14.6. The van der Waals surface area contributed by atoms with E-state index in [0.717, 1.165) is 18.5 Å². The number of hydrogen-bond acceptors (Lipinski definition) is 4. The van der Waals surface area contributed by atoms with E-state index >= 15 is 0 Å². The third kappa shape index (κ3) is 4.22. The van der Waals surface area contributed by atoms with Crippen molar-refractivity contribution in [1.29, 1.82) is 0 Å². The Morgan fingerprint density at radius 1 is 1.35 bits per heavy atom. The Hall–Kier alpha value is -1.91. The highest BCUT2D eigenvalue weighted by molar-refractivity contribution is 5.62. The SMILES string of the molecule is CCC(/C=N/Nc1ccc([N+](=O)[O-])cc1)CC. The molecule has 0 saturated carbocycles. The van der Waals surface area contributed by atoms with Gasteiger partial charge in [-0.2, -0.15) is 5.10 Å². The summed E-state index contributed by atoms with van der Waals surface area (Å²) < 4.78 is 0. The minimum atomic E-state index is -0.419. The van der Waals surface area contributed by atoms with Crippen LogP contribution in [-0.2, 0) is 0 Å². The van der Waals surface area contributed by atoms with Crippen LogP contribution in [-0.4, -0.2) is 11.1 Å². The number of benzene rings is 1. The van der Waals surface area contributed by atoms with Crippen LogP contribution in [0.4, 0.5) is 11.4 Å². The molecule has 5 heteroatoms. The largest absolute Gasteiger partial charge is 0.279 e. The van der Waals surface area contributed by atoms with Crippen molar-refractivity contribution in [2.24, 2.45) is 11.0 Å². The van der Waals surface area contributed by atoms with Gasteiger partial charge < -0.3 is 0 Å². The molecule has 5 nitrogen and oxygen atoms in total. The van der Waals surface area contributed by atoms with Crippen molar-refractivity contribution in [2.75, 3.05) is 5.43 Å². The predicted octanol–water partition coefficient (Wildman–Crippen LogP) is 3.43. The molecule has 0 bridgehead atoms. The molecule has 1 aromatic rings. The predicted molar refractivity (Wildman–Crippen MR) is 69.3 cm³/mol. The number of nitro groups is 1. The molecule has 0 unspecified atom stereocenters. The molecule has 0 spiro atoms. The molecule has 0 aliphatic rings. The molecule has 0 fully saturated rings. The van der Waals surface area contributed by atoms with Gasteiger partial charge in [-0.1, -0.05) is 13.8 Å². The number of anilines is 1. The van der Waals surface area contributed by atoms with Gasteiger partial charge in [0.05, 0.1) is 10.6 Å². The zero-order chi connectivity index (χ0) is 12.7. The summed E-state index contributed by atoms with van der Waals surface area (Å²) >= 11 is 0. The number of rotatable bonds is 6. The zero-order valence-corrected chi connectivity index (χ0v) is 10.1. The second-order valence-corrected chi connectivity index (χ2v) is 3.77. The molecule has 1 N–H and O–H groups in total. The van der Waals surface area contributed by atoms with E-state index in [-0.39, 0.29) is 5.69 Å². The Morgan fingerprint density at radius 3 is 2.41 bits per heavy atom. The first-order valence-corrected chi connectivity index (χ1v) is 5.71. The van der Waals surface area contributed by atoms with Crippen LogP contribution < -0.4 is 5.43 Å². The van der Waals surface area contributed by atoms with Crippen LogP contribution in [0.3, 0.4) is 0 Å². The summed E-state index contributed by atoms with van der Waals surface area (Å²) in [5.74, 6) is 0.473. The van der Waals surface area contributed by atoms with Crippen molar-refractivity contribution in [3.05, 3.63) is 34.4 Å². The summed E-state index contributed by atoms with van der Waals surface area (Å²) in [6, 6.07) is 6.19. The van der Waals surface area contributed by atoms with Gasteiger partial charge in [-0.15, -0.1) is 0 Å². The van der Waals surface area contributed by atoms with Gasteiger partial charge in [0.2, 0.25) is 0 Å². The van der Waals surface area contributed by atoms with Crippen molar-refractivity contribution in [1.82, 2.24) is 0 Å². The molecule has 0 aromatic heterocycles. The summed E-state index contributed by atoms with van der Waals surface area (Å²) in [6.07, 6.45) is 3.99. The molecule has 0 heterocycles. The Morgan fingerprint density at radius 2 is 1.94 bits per heavy atom. The Bertz CT molecular complexity index is 383. The van der Waals surface area contributed by atoms with Crippen molar-refractivity contribution in [3.63, 3.8) is 0 Å². The molecule has 0 saturated heterocycles. The number of hydrazone groups is 1. The highest BCUT2D eigenvalue weighted by Crippen LogP contribution is 2.15. The van der Waals surface area contributed by atoms with Gasteiger partial charge in [-0.3, -0.25) is 15.5 Å². The van der Waals surface area contributed by atoms with E-state index in [1.54, 1.807) is 12.1 Å². The van der Waals surface area contributed by atoms with Gasteiger partial charge in [-0.25, -0.2) is 0 Å². The number of non-ortho nitro benzene ring substituents is 1. The van der Waals surface area contributed by atoms with Crippen LogP contribution >= 0.6 is 0 Å². The molecule has 1 aromatic carbocycles. The van der Waals surface area contributed by atoms with Crippen LogP contribution in [0.2, 0.25) is 0 Å². The molecule has 0 atom stereocenters. The minimum Gasteiger partial charge on any atom is -0.279 e. The summed E-state index contributed by atoms with van der Waals surface area (Å²) in [6.45, 7) is 4.23. The molecule has 17 heavy (non-hydrogen) atoms. The topological polar surface area (TPSA) is 67.5 Å². The molecule has 0 amide bonds. The first-order valence-electron chi connectivity index (χ1n) is 5.71. The van der Waals surface area contributed by atoms with Gasteiger partial charge in [0.1, 0.15) is 0 Å². The first-order chi connectivity index (χ1) is 8.17. The molecule has 92 valence electrons. The number of nitrogens with zero attached hydrogens (tertiary/aromatic N) is 2. The van der Waals surface area contributed by atoms with E-state index in [0.29, 0.717) is 5.92 Å². The number of hydrogen-bond donors (Lipinski definition) is 1. The highest BCUT2D eigenvalue weighted by Gasteiger charge is 2.03. The normalized spacial score (nSPS) is 11.0. The fourth-order valence-corrected chi connectivity index (χ4v) is 1.37. The molecular weight excluding hydrogens is 218 g/mol. The number of nitro benzene ring substituents is 1. The lowest BCUT2D eigenvalue weighted by molar-refractivity contribution is -0.384. The Labute approximate surface area is 101 Å². The second-order valence-electron chi connectivity index (χ2n) is 3.77. The molecule has 0 radical (unpaired) electrons. The summed E-state index contributed by atoms with van der Waals surface area (Å²) in [5.41, 5.74) is 3.69. The second kappa shape index (κ2) is 6.62. The van der Waals surface area contributed by atoms with E-state index in [4.69, 9.17) is 0 Å². The molecule has 0 aliphatic heterocycles. The van der Waals surface area contributed by atoms with E-state index in [9.17, 15) is 10.1 Å². The van der Waals surface area contributed by atoms with Gasteiger partial charge >= 0.3 is 0 Å². The van der Waals surface area contributed by atoms with Crippen LogP contribution in [0.1, 0.15) is 26.7 Å². The molecule has 1 rings (SSSR count). The van der Waals surface area contributed by atoms with Gasteiger partial charge in [0, 0.05) is 18.3 Å². The lowest BCUT2D eigenvalue weighted by Crippen LogP contribution is -2.00. The van der Waals surface area contributed by atoms with E-state index < -0.39 is 4.92 Å². The van der Waals surface area contributed by atoms with Crippen LogP contribution in [0.25, 0.3) is 0 Å². The maximum Gasteiger partial charge on any atom is 0.269 e. The number of nitrogens with one attached hydrogen (secondary N) is 1. The van der Waals surface area contributed by atoms with Crippen molar-refractivity contribution < 1.29 is 4.92 Å². The molecule has 0 aliphatic carbocycles. The average Bonchev–Trinajstić information content (AvgIpc) is 2.35. The van der Waals surface area contributed by atoms with Crippen molar-refractivity contribution >= 4 is 17.6 Å². The fourth-order valence-electron chi connectivity index (χ4n) is 1.37. The standard InChI is InChI=1S/C12H17N3O2/c1-3-10(4-2)9-13-14-11-5-7-12(8-6-11)15(16)17/h5-10,14H,3-4H2,1-2H3/b13-9+. The van der Waals surface area contributed by atoms with Crippen LogP contribution in [0.5, 0.6) is 0 Å². The summed E-state index contributed by atoms with van der Waals surface area (Å²) in [4.78, 5) is 10.0. The van der Waals surface area contributed by atoms with Gasteiger partial charge in [-0.05, 0) is 30.9 Å². The van der Waals surface area contributed by atoms with Gasteiger partial charge in [0.25, 0.3) is 5.69 Å². The lowest BCUT2D eigenvalue weighted by atomic mass is 10.1. The monoisotopic (exact) mass is 235 g/mol. The zero-order valence-electron chi connectivity index (χ0n) is 10.1. The van der Waals surface area contributed by atoms with E-state index in [1.165, 1.54) is 12.1 Å². The quantitative estimate of drug-likeness (QED) is 0.466. The first kappa shape index (κ1) is 13.2. The minimum absolute atomic E-state index is 0.0829. The van der Waals surface area contributed by atoms with Crippen molar-refractivity contribution in [2.45, 2.75) is 26.7 Å². The Balaban J connectivity index is 2.55. The van der Waals surface area contributed by atoms with Gasteiger partial charge in [0.15, 0.2) is 0 Å². The average molecular weight is 235 g/mol. The summed E-state index contributed by atoms with van der Waals surface area (Å²) in [7, 11) is 0. The van der Waals surface area contributed by atoms with E-state index in [1.807, 2.05) is 6.21 Å². The third-order valence-corrected chi connectivity index (χ3v) is 2.61. The molecular formula is C12H17N3O2. The maximum absolute atomic E-state index is 10.4. The van der Waals surface area contributed by atoms with Crippen molar-refractivity contribution in [3.8, 4) is 0 Å². The third-order valence-electron chi connectivity index (χ3n) is 2.61. The smallest absolute Gasteiger partial charge is 0.269 e. The van der Waals surface area contributed by atoms with E-state index in [2.05, 4.69) is 24.4 Å². The maximum atomic E-state index is 10.4. The lowest BCUT2D eigenvalue weighted by Gasteiger charge is -2.04.